The Kier molecular flexibility index (Phi) is 5.84. The minimum atomic E-state index is 0.869. The van der Waals surface area contributed by atoms with Crippen molar-refractivity contribution >= 4 is 54.6 Å². The summed E-state index contributed by atoms with van der Waals surface area (Å²) >= 11 is 0. The highest BCUT2D eigenvalue weighted by Crippen LogP contribution is 2.37. The highest BCUT2D eigenvalue weighted by molar-refractivity contribution is 6.10. The van der Waals surface area contributed by atoms with Gasteiger partial charge in [-0.2, -0.15) is 0 Å². The third-order valence-corrected chi connectivity index (χ3v) is 9.39. The maximum absolute atomic E-state index is 6.25. The summed E-state index contributed by atoms with van der Waals surface area (Å²) in [5, 5.41) is 6.80. The van der Waals surface area contributed by atoms with Crippen LogP contribution in [0.3, 0.4) is 0 Å². The zero-order valence-electron chi connectivity index (χ0n) is 25.7. The topological polar surface area (TPSA) is 52.1 Å². The average Bonchev–Trinajstić information content (AvgIpc) is 3.73. The van der Waals surface area contributed by atoms with E-state index in [1.165, 1.54) is 10.8 Å². The molecule has 10 aromatic rings. The second-order valence-corrected chi connectivity index (χ2v) is 12.2. The van der Waals surface area contributed by atoms with Gasteiger partial charge in [-0.25, -0.2) is 0 Å². The fraction of sp³-hybridized carbons (Fsp3) is 0. The molecule has 0 atom stereocenters. The number of hydrogen-bond acceptors (Lipinski definition) is 4. The lowest BCUT2D eigenvalue weighted by atomic mass is 9.98. The molecule has 0 bridgehead atoms. The van der Waals surface area contributed by atoms with Crippen molar-refractivity contribution in [2.45, 2.75) is 0 Å². The Bertz CT molecular complexity index is 2630. The summed E-state index contributed by atoms with van der Waals surface area (Å²) in [7, 11) is 0. The van der Waals surface area contributed by atoms with Gasteiger partial charge in [0.15, 0.2) is 0 Å². The lowest BCUT2D eigenvalue weighted by molar-refractivity contribution is 0.669. The molecule has 4 nitrogen and oxygen atoms in total. The highest BCUT2D eigenvalue weighted by atomic mass is 16.3. The molecule has 0 unspecified atom stereocenters. The summed E-state index contributed by atoms with van der Waals surface area (Å²) in [6.07, 6.45) is 3.90. The van der Waals surface area contributed by atoms with E-state index in [0.717, 1.165) is 88.6 Å². The number of benzene rings is 6. The van der Waals surface area contributed by atoms with Gasteiger partial charge in [0.05, 0.1) is 11.4 Å². The average molecular weight is 615 g/mol. The Morgan fingerprint density at radius 3 is 1.25 bits per heavy atom. The molecule has 0 spiro atoms. The standard InChI is InChI=1S/C44H26N2O2/c1-3-13-41-33(7-1)35-9-5-11-37(43(35)47-41)39-21-19-31(25-45-39)29-17-15-28-24-30(18-16-27(28)23-29)32-20-22-40(46-26-32)38-12-6-10-36-34-8-2-4-14-42(34)48-44(36)38/h1-26H. The van der Waals surface area contributed by atoms with Gasteiger partial charge in [0.2, 0.25) is 0 Å². The molecule has 0 fully saturated rings. The molecule has 48 heavy (non-hydrogen) atoms. The van der Waals surface area contributed by atoms with Crippen LogP contribution in [0.2, 0.25) is 0 Å². The molecule has 0 N–H and O–H groups in total. The van der Waals surface area contributed by atoms with Gasteiger partial charge in [0.25, 0.3) is 0 Å². The van der Waals surface area contributed by atoms with Crippen molar-refractivity contribution in [3.63, 3.8) is 0 Å². The van der Waals surface area contributed by atoms with Crippen LogP contribution in [-0.4, -0.2) is 9.97 Å². The molecule has 10 rings (SSSR count). The molecule has 6 aromatic carbocycles. The van der Waals surface area contributed by atoms with Crippen LogP contribution in [0.1, 0.15) is 0 Å². The summed E-state index contributed by atoms with van der Waals surface area (Å²) in [5.41, 5.74) is 11.7. The number of fused-ring (bicyclic) bond motifs is 7. The number of furan rings is 2. The number of rotatable bonds is 4. The summed E-state index contributed by atoms with van der Waals surface area (Å²) in [6, 6.07) is 50.4. The monoisotopic (exact) mass is 614 g/mol. The predicted molar refractivity (Wildman–Crippen MR) is 196 cm³/mol. The van der Waals surface area contributed by atoms with E-state index in [1.54, 1.807) is 0 Å². The second kappa shape index (κ2) is 10.5. The Morgan fingerprint density at radius 2 is 0.792 bits per heavy atom. The van der Waals surface area contributed by atoms with E-state index in [2.05, 4.69) is 109 Å². The molecule has 0 aliphatic heterocycles. The van der Waals surface area contributed by atoms with Crippen LogP contribution in [0.15, 0.2) is 167 Å². The van der Waals surface area contributed by atoms with Crippen molar-refractivity contribution in [2.24, 2.45) is 0 Å². The van der Waals surface area contributed by atoms with Crippen LogP contribution in [-0.2, 0) is 0 Å². The zero-order valence-corrected chi connectivity index (χ0v) is 25.7. The highest BCUT2D eigenvalue weighted by Gasteiger charge is 2.14. The fourth-order valence-electron chi connectivity index (χ4n) is 6.95. The van der Waals surface area contributed by atoms with Crippen molar-refractivity contribution in [1.29, 1.82) is 0 Å². The Balaban J connectivity index is 0.935. The van der Waals surface area contributed by atoms with Crippen molar-refractivity contribution < 1.29 is 8.83 Å². The van der Waals surface area contributed by atoms with E-state index >= 15 is 0 Å². The molecule has 224 valence electrons. The first-order chi connectivity index (χ1) is 23.8. The largest absolute Gasteiger partial charge is 0.455 e. The number of hydrogen-bond donors (Lipinski definition) is 0. The summed E-state index contributed by atoms with van der Waals surface area (Å²) < 4.78 is 12.5. The molecule has 0 aliphatic rings. The molecule has 4 heteroatoms. The predicted octanol–water partition coefficient (Wildman–Crippen LogP) is 12.1. The normalized spacial score (nSPS) is 11.8. The number of nitrogens with zero attached hydrogens (tertiary/aromatic N) is 2. The van der Waals surface area contributed by atoms with Gasteiger partial charge in [0.1, 0.15) is 22.3 Å². The van der Waals surface area contributed by atoms with Crippen LogP contribution in [0.25, 0.3) is 99.4 Å². The Morgan fingerprint density at radius 1 is 0.354 bits per heavy atom. The van der Waals surface area contributed by atoms with E-state index in [0.29, 0.717) is 0 Å². The summed E-state index contributed by atoms with van der Waals surface area (Å²) in [4.78, 5) is 9.73. The second-order valence-electron chi connectivity index (χ2n) is 12.2. The van der Waals surface area contributed by atoms with Gasteiger partial charge < -0.3 is 8.83 Å². The number of para-hydroxylation sites is 4. The van der Waals surface area contributed by atoms with Gasteiger partial charge in [0, 0.05) is 56.2 Å². The van der Waals surface area contributed by atoms with Gasteiger partial charge in [-0.15, -0.1) is 0 Å². The fourth-order valence-corrected chi connectivity index (χ4v) is 6.95. The SMILES string of the molecule is c1ccc2c(c1)oc1c(-c3ccc(-c4ccc5cc(-c6ccc(-c7cccc8c7oc7ccccc78)nc6)ccc5c4)cn3)cccc12. The van der Waals surface area contributed by atoms with Crippen LogP contribution >= 0.6 is 0 Å². The molecule has 0 amide bonds. The first-order valence-corrected chi connectivity index (χ1v) is 16.0. The minimum Gasteiger partial charge on any atom is -0.455 e. The Hall–Kier alpha value is -6.52. The first-order valence-electron chi connectivity index (χ1n) is 16.0. The van der Waals surface area contributed by atoms with Crippen LogP contribution in [0.5, 0.6) is 0 Å². The van der Waals surface area contributed by atoms with Gasteiger partial charge in [-0.1, -0.05) is 97.1 Å². The van der Waals surface area contributed by atoms with E-state index in [4.69, 9.17) is 18.8 Å². The maximum Gasteiger partial charge on any atom is 0.144 e. The Labute approximate surface area is 275 Å². The zero-order chi connectivity index (χ0) is 31.6. The number of aromatic nitrogens is 2. The van der Waals surface area contributed by atoms with E-state index < -0.39 is 0 Å². The van der Waals surface area contributed by atoms with Crippen LogP contribution in [0.4, 0.5) is 0 Å². The molecule has 0 radical (unpaired) electrons. The van der Waals surface area contributed by atoms with Crippen molar-refractivity contribution in [3.05, 3.63) is 158 Å². The molecule has 0 saturated carbocycles. The van der Waals surface area contributed by atoms with Crippen molar-refractivity contribution in [2.75, 3.05) is 0 Å². The third-order valence-electron chi connectivity index (χ3n) is 9.39. The van der Waals surface area contributed by atoms with Crippen molar-refractivity contribution in [1.82, 2.24) is 9.97 Å². The third kappa shape index (κ3) is 4.24. The number of pyridine rings is 2. The lowest BCUT2D eigenvalue weighted by Gasteiger charge is -2.09. The molecular formula is C44H26N2O2. The quantitative estimate of drug-likeness (QED) is 0.198. The molecule has 4 aromatic heterocycles. The lowest BCUT2D eigenvalue weighted by Crippen LogP contribution is -1.87. The van der Waals surface area contributed by atoms with Crippen molar-refractivity contribution in [3.8, 4) is 44.8 Å². The van der Waals surface area contributed by atoms with Gasteiger partial charge >= 0.3 is 0 Å². The summed E-state index contributed by atoms with van der Waals surface area (Å²) in [5.74, 6) is 0. The van der Waals surface area contributed by atoms with Crippen LogP contribution in [0, 0.1) is 0 Å². The van der Waals surface area contributed by atoms with Gasteiger partial charge in [-0.3, -0.25) is 9.97 Å². The van der Waals surface area contributed by atoms with E-state index in [9.17, 15) is 0 Å². The smallest absolute Gasteiger partial charge is 0.144 e. The summed E-state index contributed by atoms with van der Waals surface area (Å²) in [6.45, 7) is 0. The molecule has 0 aliphatic carbocycles. The van der Waals surface area contributed by atoms with Gasteiger partial charge in [-0.05, 0) is 70.4 Å². The van der Waals surface area contributed by atoms with E-state index in [-0.39, 0.29) is 0 Å². The van der Waals surface area contributed by atoms with Crippen LogP contribution < -0.4 is 0 Å². The molecular weight excluding hydrogens is 588 g/mol. The minimum absolute atomic E-state index is 0.869. The van der Waals surface area contributed by atoms with E-state index in [1.807, 2.05) is 48.8 Å². The molecule has 4 heterocycles. The first kappa shape index (κ1) is 26.7. The maximum atomic E-state index is 6.25. The molecule has 0 saturated heterocycles.